The van der Waals surface area contributed by atoms with Gasteiger partial charge in [0.1, 0.15) is 6.54 Å². The Morgan fingerprint density at radius 3 is 2.48 bits per heavy atom. The van der Waals surface area contributed by atoms with Crippen molar-refractivity contribution in [3.05, 3.63) is 35.9 Å². The SMILES string of the molecule is N#CCNC(=O)C1(OC(=O)NCc2ccccc2)CCCCC1. The van der Waals surface area contributed by atoms with Crippen LogP contribution in [0.5, 0.6) is 0 Å². The van der Waals surface area contributed by atoms with Crippen LogP contribution in [0.25, 0.3) is 0 Å². The highest BCUT2D eigenvalue weighted by molar-refractivity contribution is 5.87. The van der Waals surface area contributed by atoms with Crippen LogP contribution in [0, 0.1) is 11.3 Å². The Hall–Kier alpha value is -2.55. The number of rotatable bonds is 5. The van der Waals surface area contributed by atoms with Gasteiger partial charge < -0.3 is 15.4 Å². The lowest BCUT2D eigenvalue weighted by atomic mass is 9.84. The molecule has 2 N–H and O–H groups in total. The van der Waals surface area contributed by atoms with Gasteiger partial charge in [-0.15, -0.1) is 0 Å². The number of nitrogens with one attached hydrogen (secondary N) is 2. The van der Waals surface area contributed by atoms with Crippen LogP contribution in [-0.4, -0.2) is 24.1 Å². The summed E-state index contributed by atoms with van der Waals surface area (Å²) in [7, 11) is 0. The molecule has 6 heteroatoms. The molecule has 0 bridgehead atoms. The smallest absolute Gasteiger partial charge is 0.408 e. The van der Waals surface area contributed by atoms with Gasteiger partial charge in [-0.05, 0) is 31.2 Å². The van der Waals surface area contributed by atoms with E-state index >= 15 is 0 Å². The van der Waals surface area contributed by atoms with Crippen LogP contribution in [0.1, 0.15) is 37.7 Å². The number of carbonyl (C=O) groups excluding carboxylic acids is 2. The van der Waals surface area contributed by atoms with Crippen LogP contribution in [0.2, 0.25) is 0 Å². The van der Waals surface area contributed by atoms with E-state index in [0.717, 1.165) is 24.8 Å². The molecule has 1 fully saturated rings. The summed E-state index contributed by atoms with van der Waals surface area (Å²) in [6, 6.07) is 11.3. The molecular weight excluding hydrogens is 294 g/mol. The third-order valence-electron chi connectivity index (χ3n) is 3.97. The zero-order chi connectivity index (χ0) is 16.5. The molecule has 0 radical (unpaired) electrons. The van der Waals surface area contributed by atoms with Gasteiger partial charge in [0.2, 0.25) is 0 Å². The van der Waals surface area contributed by atoms with E-state index < -0.39 is 11.7 Å². The van der Waals surface area contributed by atoms with Crippen molar-refractivity contribution in [1.29, 1.82) is 5.26 Å². The van der Waals surface area contributed by atoms with Gasteiger partial charge in [0.25, 0.3) is 5.91 Å². The predicted molar refractivity (Wildman–Crippen MR) is 84.2 cm³/mol. The molecule has 0 aromatic heterocycles. The highest BCUT2D eigenvalue weighted by Gasteiger charge is 2.43. The van der Waals surface area contributed by atoms with Gasteiger partial charge in [-0.1, -0.05) is 36.8 Å². The predicted octanol–water partition coefficient (Wildman–Crippen LogP) is 2.26. The molecule has 2 amide bonds. The van der Waals surface area contributed by atoms with Gasteiger partial charge in [0.15, 0.2) is 5.60 Å². The van der Waals surface area contributed by atoms with Gasteiger partial charge in [-0.25, -0.2) is 4.79 Å². The fourth-order valence-corrected chi connectivity index (χ4v) is 2.76. The Balaban J connectivity index is 1.95. The normalized spacial score (nSPS) is 16.0. The van der Waals surface area contributed by atoms with Gasteiger partial charge in [0.05, 0.1) is 6.07 Å². The number of nitrogens with zero attached hydrogens (tertiary/aromatic N) is 1. The van der Waals surface area contributed by atoms with E-state index in [-0.39, 0.29) is 12.5 Å². The second kappa shape index (κ2) is 8.18. The maximum atomic E-state index is 12.3. The summed E-state index contributed by atoms with van der Waals surface area (Å²) in [6.07, 6.45) is 3.04. The monoisotopic (exact) mass is 315 g/mol. The van der Waals surface area contributed by atoms with Gasteiger partial charge in [0, 0.05) is 6.54 Å². The van der Waals surface area contributed by atoms with Crippen molar-refractivity contribution in [2.45, 2.75) is 44.2 Å². The van der Waals surface area contributed by atoms with E-state index in [0.29, 0.717) is 19.4 Å². The third kappa shape index (κ3) is 4.71. The fraction of sp³-hybridized carbons (Fsp3) is 0.471. The Morgan fingerprint density at radius 1 is 1.13 bits per heavy atom. The standard InChI is InChI=1S/C17H21N3O3/c18-11-12-19-15(21)17(9-5-2-6-10-17)23-16(22)20-13-14-7-3-1-4-8-14/h1,3-4,7-8H,2,5-6,9-10,12-13H2,(H,19,21)(H,20,22). The first-order chi connectivity index (χ1) is 11.2. The molecule has 1 aromatic rings. The molecule has 0 saturated heterocycles. The van der Waals surface area contributed by atoms with E-state index in [1.54, 1.807) is 0 Å². The van der Waals surface area contributed by atoms with Crippen molar-refractivity contribution in [2.24, 2.45) is 0 Å². The van der Waals surface area contributed by atoms with Crippen LogP contribution < -0.4 is 10.6 Å². The Labute approximate surface area is 135 Å². The quantitative estimate of drug-likeness (QED) is 0.815. The zero-order valence-corrected chi connectivity index (χ0v) is 13.0. The summed E-state index contributed by atoms with van der Waals surface area (Å²) in [5, 5.41) is 13.8. The second-order valence-corrected chi connectivity index (χ2v) is 5.62. The number of amides is 2. The van der Waals surface area contributed by atoms with Crippen molar-refractivity contribution < 1.29 is 14.3 Å². The number of hydrogen-bond donors (Lipinski definition) is 2. The van der Waals surface area contributed by atoms with Crippen molar-refractivity contribution in [2.75, 3.05) is 6.54 Å². The minimum absolute atomic E-state index is 0.0877. The second-order valence-electron chi connectivity index (χ2n) is 5.62. The van der Waals surface area contributed by atoms with Crippen molar-refractivity contribution in [1.82, 2.24) is 10.6 Å². The molecule has 1 saturated carbocycles. The van der Waals surface area contributed by atoms with E-state index in [1.165, 1.54) is 0 Å². The first-order valence-corrected chi connectivity index (χ1v) is 7.82. The van der Waals surface area contributed by atoms with Crippen LogP contribution in [-0.2, 0) is 16.1 Å². The Bertz CT molecular complexity index is 574. The lowest BCUT2D eigenvalue weighted by Crippen LogP contribution is -2.52. The number of ether oxygens (including phenoxy) is 1. The van der Waals surface area contributed by atoms with Crippen LogP contribution in [0.4, 0.5) is 4.79 Å². The number of nitriles is 1. The van der Waals surface area contributed by atoms with Gasteiger partial charge >= 0.3 is 6.09 Å². The summed E-state index contributed by atoms with van der Waals surface area (Å²) >= 11 is 0. The topological polar surface area (TPSA) is 91.2 Å². The minimum Gasteiger partial charge on any atom is -0.433 e. The largest absolute Gasteiger partial charge is 0.433 e. The van der Waals surface area contributed by atoms with Gasteiger partial charge in [-0.3, -0.25) is 4.79 Å². The molecule has 0 heterocycles. The minimum atomic E-state index is -1.16. The fourth-order valence-electron chi connectivity index (χ4n) is 2.76. The molecule has 0 spiro atoms. The number of alkyl carbamates (subject to hydrolysis) is 1. The van der Waals surface area contributed by atoms with Crippen LogP contribution in [0.3, 0.4) is 0 Å². The molecular formula is C17H21N3O3. The average molecular weight is 315 g/mol. The van der Waals surface area contributed by atoms with Crippen LogP contribution >= 0.6 is 0 Å². The van der Waals surface area contributed by atoms with E-state index in [9.17, 15) is 9.59 Å². The lowest BCUT2D eigenvalue weighted by molar-refractivity contribution is -0.143. The van der Waals surface area contributed by atoms with E-state index in [2.05, 4.69) is 10.6 Å². The summed E-state index contributed by atoms with van der Waals surface area (Å²) in [6.45, 7) is 0.255. The Morgan fingerprint density at radius 2 is 1.83 bits per heavy atom. The maximum absolute atomic E-state index is 12.3. The molecule has 0 atom stereocenters. The van der Waals surface area contributed by atoms with Crippen molar-refractivity contribution in [3.8, 4) is 6.07 Å². The molecule has 23 heavy (non-hydrogen) atoms. The highest BCUT2D eigenvalue weighted by Crippen LogP contribution is 2.32. The van der Waals surface area contributed by atoms with E-state index in [4.69, 9.17) is 10.00 Å². The average Bonchev–Trinajstić information content (AvgIpc) is 2.59. The van der Waals surface area contributed by atoms with Crippen LogP contribution in [0.15, 0.2) is 30.3 Å². The van der Waals surface area contributed by atoms with Gasteiger partial charge in [-0.2, -0.15) is 5.26 Å². The molecule has 1 aromatic carbocycles. The molecule has 122 valence electrons. The molecule has 6 nitrogen and oxygen atoms in total. The molecule has 0 aliphatic heterocycles. The third-order valence-corrected chi connectivity index (χ3v) is 3.97. The highest BCUT2D eigenvalue weighted by atomic mass is 16.6. The first kappa shape index (κ1) is 16.8. The summed E-state index contributed by atoms with van der Waals surface area (Å²) in [5.74, 6) is -0.381. The zero-order valence-electron chi connectivity index (χ0n) is 13.0. The molecule has 1 aliphatic carbocycles. The summed E-state index contributed by atoms with van der Waals surface area (Å²) in [4.78, 5) is 24.4. The summed E-state index contributed by atoms with van der Waals surface area (Å²) in [5.41, 5.74) is -0.202. The van der Waals surface area contributed by atoms with Crippen molar-refractivity contribution in [3.63, 3.8) is 0 Å². The van der Waals surface area contributed by atoms with Crippen molar-refractivity contribution >= 4 is 12.0 Å². The number of carbonyl (C=O) groups is 2. The maximum Gasteiger partial charge on any atom is 0.408 e. The number of benzene rings is 1. The van der Waals surface area contributed by atoms with E-state index in [1.807, 2.05) is 36.4 Å². The number of hydrogen-bond acceptors (Lipinski definition) is 4. The molecule has 0 unspecified atom stereocenters. The molecule has 1 aliphatic rings. The first-order valence-electron chi connectivity index (χ1n) is 7.82. The molecule has 2 rings (SSSR count). The lowest BCUT2D eigenvalue weighted by Gasteiger charge is -2.34. The Kier molecular flexibility index (Phi) is 5.98. The summed E-state index contributed by atoms with van der Waals surface area (Å²) < 4.78 is 5.49.